The van der Waals surface area contributed by atoms with Crippen molar-refractivity contribution in [2.24, 2.45) is 0 Å². The third-order valence-corrected chi connectivity index (χ3v) is 9.66. The van der Waals surface area contributed by atoms with E-state index < -0.39 is 5.82 Å². The average Bonchev–Trinajstić information content (AvgIpc) is 3.85. The Morgan fingerprint density at radius 1 is 0.900 bits per heavy atom. The zero-order valence-electron chi connectivity index (χ0n) is 28.5. The van der Waals surface area contributed by atoms with E-state index in [1.54, 1.807) is 47.2 Å². The maximum atomic E-state index is 16.7. The maximum absolute atomic E-state index is 16.7. The van der Waals surface area contributed by atoms with Crippen LogP contribution in [-0.4, -0.2) is 95.1 Å². The third kappa shape index (κ3) is 6.28. The van der Waals surface area contributed by atoms with Crippen molar-refractivity contribution in [3.63, 3.8) is 0 Å². The van der Waals surface area contributed by atoms with Crippen molar-refractivity contribution in [1.82, 2.24) is 29.8 Å². The molecule has 1 N–H and O–H groups in total. The highest BCUT2D eigenvalue weighted by Crippen LogP contribution is 2.40. The van der Waals surface area contributed by atoms with Gasteiger partial charge in [-0.25, -0.2) is 4.39 Å². The number of rotatable bonds is 9. The van der Waals surface area contributed by atoms with Crippen LogP contribution in [-0.2, 0) is 11.3 Å². The fourth-order valence-corrected chi connectivity index (χ4v) is 7.08. The standard InChI is InChI=1S/C38H40FN7O4/c1-25-8-6-12-33(50-3)37(25)43-18-20-44(21-19-43)38(48)31-23-30-29(27-10-4-5-11-32(27)49-2)22-28(35(39)36(30)41-31)26-9-7-15-45(24-26)34(47)13-16-46-17-14-40-42-46/h4-6,8-12,14,17,22-23,41H,7,13,15-16,18-21,24H2,1-3H3. The van der Waals surface area contributed by atoms with Gasteiger partial charge < -0.3 is 29.2 Å². The molecule has 0 atom stereocenters. The van der Waals surface area contributed by atoms with Crippen molar-refractivity contribution in [3.8, 4) is 22.6 Å². The van der Waals surface area contributed by atoms with E-state index >= 15 is 4.39 Å². The molecule has 2 aliphatic heterocycles. The summed E-state index contributed by atoms with van der Waals surface area (Å²) in [5.41, 5.74) is 5.31. The van der Waals surface area contributed by atoms with Crippen molar-refractivity contribution in [3.05, 3.63) is 95.7 Å². The van der Waals surface area contributed by atoms with Gasteiger partial charge in [0.1, 0.15) is 17.2 Å². The van der Waals surface area contributed by atoms with Gasteiger partial charge in [-0.1, -0.05) is 41.6 Å². The number of ether oxygens (including phenoxy) is 2. The number of amides is 2. The van der Waals surface area contributed by atoms with Gasteiger partial charge in [-0.2, -0.15) is 0 Å². The largest absolute Gasteiger partial charge is 0.496 e. The number of carbonyl (C=O) groups is 2. The Kier molecular flexibility index (Phi) is 9.25. The Labute approximate surface area is 289 Å². The molecule has 0 spiro atoms. The van der Waals surface area contributed by atoms with Crippen LogP contribution in [0.4, 0.5) is 10.1 Å². The predicted octanol–water partition coefficient (Wildman–Crippen LogP) is 5.56. The molecule has 0 saturated carbocycles. The zero-order chi connectivity index (χ0) is 34.8. The fraction of sp³-hybridized carbons (Fsp3) is 0.316. The Morgan fingerprint density at radius 2 is 1.68 bits per heavy atom. The van der Waals surface area contributed by atoms with Crippen LogP contribution in [0.15, 0.2) is 73.1 Å². The Balaban J connectivity index is 1.19. The normalized spacial score (nSPS) is 15.0. The van der Waals surface area contributed by atoms with Gasteiger partial charge >= 0.3 is 0 Å². The number of aromatic amines is 1. The summed E-state index contributed by atoms with van der Waals surface area (Å²) in [5, 5.41) is 8.33. The highest BCUT2D eigenvalue weighted by molar-refractivity contribution is 6.05. The van der Waals surface area contributed by atoms with Gasteiger partial charge in [0.05, 0.1) is 38.2 Å². The molecule has 12 heteroatoms. The van der Waals surface area contributed by atoms with Crippen molar-refractivity contribution < 1.29 is 23.5 Å². The van der Waals surface area contributed by atoms with Gasteiger partial charge in [-0.3, -0.25) is 14.3 Å². The number of methoxy groups -OCH3 is 2. The summed E-state index contributed by atoms with van der Waals surface area (Å²) in [6.07, 6.45) is 6.15. The van der Waals surface area contributed by atoms with Crippen LogP contribution in [0.5, 0.6) is 11.5 Å². The lowest BCUT2D eigenvalue weighted by Gasteiger charge is -2.37. The molecule has 0 bridgehead atoms. The number of fused-ring (bicyclic) bond motifs is 1. The Bertz CT molecular complexity index is 2060. The second kappa shape index (κ2) is 14.1. The van der Waals surface area contributed by atoms with Gasteiger partial charge in [-0.05, 0) is 54.3 Å². The first-order valence-corrected chi connectivity index (χ1v) is 16.8. The van der Waals surface area contributed by atoms with Crippen LogP contribution in [0.2, 0.25) is 0 Å². The highest BCUT2D eigenvalue weighted by atomic mass is 19.1. The molecule has 5 aromatic rings. The van der Waals surface area contributed by atoms with Crippen LogP contribution in [0.1, 0.15) is 34.5 Å². The summed E-state index contributed by atoms with van der Waals surface area (Å²) in [6.45, 7) is 5.59. The molecule has 50 heavy (non-hydrogen) atoms. The second-order valence-corrected chi connectivity index (χ2v) is 12.6. The number of benzene rings is 3. The van der Waals surface area contributed by atoms with E-state index in [2.05, 4.69) is 33.2 Å². The van der Waals surface area contributed by atoms with Crippen LogP contribution >= 0.6 is 0 Å². The number of nitrogens with one attached hydrogen (secondary N) is 1. The average molecular weight is 678 g/mol. The predicted molar refractivity (Wildman–Crippen MR) is 190 cm³/mol. The fourth-order valence-electron chi connectivity index (χ4n) is 7.08. The molecule has 1 saturated heterocycles. The number of piperazine rings is 1. The molecule has 2 aliphatic rings. The lowest BCUT2D eigenvalue weighted by molar-refractivity contribution is -0.131. The Morgan fingerprint density at radius 3 is 2.44 bits per heavy atom. The molecule has 0 unspecified atom stereocenters. The monoisotopic (exact) mass is 677 g/mol. The molecule has 4 heterocycles. The number of halogens is 1. The molecule has 1 fully saturated rings. The van der Waals surface area contributed by atoms with Crippen LogP contribution in [0, 0.1) is 12.7 Å². The van der Waals surface area contributed by atoms with Gasteiger partial charge in [-0.15, -0.1) is 5.10 Å². The second-order valence-electron chi connectivity index (χ2n) is 12.6. The summed E-state index contributed by atoms with van der Waals surface area (Å²) in [7, 11) is 3.27. The molecule has 3 aromatic carbocycles. The number of carbonyl (C=O) groups excluding carboxylic acids is 2. The van der Waals surface area contributed by atoms with Crippen molar-refractivity contribution in [2.45, 2.75) is 26.3 Å². The molecule has 7 rings (SSSR count). The maximum Gasteiger partial charge on any atom is 0.270 e. The van der Waals surface area contributed by atoms with Crippen molar-refractivity contribution in [2.75, 3.05) is 58.4 Å². The molecular formula is C38H40FN7O4. The summed E-state index contributed by atoms with van der Waals surface area (Å²) < 4.78 is 29.7. The minimum Gasteiger partial charge on any atom is -0.496 e. The summed E-state index contributed by atoms with van der Waals surface area (Å²) >= 11 is 0. The van der Waals surface area contributed by atoms with Gasteiger partial charge in [0.15, 0.2) is 5.82 Å². The van der Waals surface area contributed by atoms with Crippen LogP contribution in [0.25, 0.3) is 27.6 Å². The van der Waals surface area contributed by atoms with E-state index in [0.29, 0.717) is 73.7 Å². The smallest absolute Gasteiger partial charge is 0.270 e. The van der Waals surface area contributed by atoms with Gasteiger partial charge in [0, 0.05) is 68.4 Å². The first-order valence-electron chi connectivity index (χ1n) is 16.8. The molecule has 0 aliphatic carbocycles. The number of nitrogens with zero attached hydrogens (tertiary/aromatic N) is 6. The Hall–Kier alpha value is -5.65. The summed E-state index contributed by atoms with van der Waals surface area (Å²) in [4.78, 5) is 36.1. The van der Waals surface area contributed by atoms with E-state index in [1.807, 2.05) is 48.5 Å². The number of aryl methyl sites for hydroxylation is 2. The van der Waals surface area contributed by atoms with E-state index in [4.69, 9.17) is 9.47 Å². The van der Waals surface area contributed by atoms with Crippen molar-refractivity contribution >= 4 is 34.0 Å². The number of anilines is 1. The molecule has 2 amide bonds. The van der Waals surface area contributed by atoms with Gasteiger partial charge in [0.25, 0.3) is 5.91 Å². The quantitative estimate of drug-likeness (QED) is 0.218. The number of H-pyrrole nitrogens is 1. The third-order valence-electron chi connectivity index (χ3n) is 9.66. The topological polar surface area (TPSA) is 109 Å². The number of aromatic nitrogens is 4. The van der Waals surface area contributed by atoms with Crippen LogP contribution in [0.3, 0.4) is 0 Å². The van der Waals surface area contributed by atoms with Crippen LogP contribution < -0.4 is 14.4 Å². The van der Waals surface area contributed by atoms with E-state index in [0.717, 1.165) is 28.1 Å². The van der Waals surface area contributed by atoms with Crippen molar-refractivity contribution in [1.29, 1.82) is 0 Å². The zero-order valence-corrected chi connectivity index (χ0v) is 28.5. The van der Waals surface area contributed by atoms with E-state index in [-0.39, 0.29) is 30.3 Å². The summed E-state index contributed by atoms with van der Waals surface area (Å²) in [5.74, 6) is 0.753. The minimum absolute atomic E-state index is 0.0359. The lowest BCUT2D eigenvalue weighted by atomic mass is 9.93. The van der Waals surface area contributed by atoms with E-state index in [1.165, 1.54) is 0 Å². The minimum atomic E-state index is -0.461. The number of hydrogen-bond donors (Lipinski definition) is 1. The molecular weight excluding hydrogens is 637 g/mol. The lowest BCUT2D eigenvalue weighted by Crippen LogP contribution is -2.49. The molecule has 2 aromatic heterocycles. The first-order chi connectivity index (χ1) is 24.4. The number of hydrogen-bond acceptors (Lipinski definition) is 7. The van der Waals surface area contributed by atoms with Gasteiger partial charge in [0.2, 0.25) is 5.91 Å². The first kappa shape index (κ1) is 32.9. The highest BCUT2D eigenvalue weighted by Gasteiger charge is 2.29. The SMILES string of the molecule is COc1ccccc1-c1cc(C2=CCCN(C(=O)CCn3ccnn3)C2)c(F)c2[nH]c(C(=O)N3CCN(c4c(C)cccc4OC)CC3)cc12. The van der Waals surface area contributed by atoms with E-state index in [9.17, 15) is 9.59 Å². The molecule has 258 valence electrons. The number of para-hydroxylation sites is 2. The molecule has 0 radical (unpaired) electrons. The molecule has 11 nitrogen and oxygen atoms in total. The summed E-state index contributed by atoms with van der Waals surface area (Å²) in [6, 6.07) is 17.1.